The molecular weight excluding hydrogens is 228 g/mol. The maximum atomic E-state index is 12.4. The first-order valence-corrected chi connectivity index (χ1v) is 3.65. The van der Waals surface area contributed by atoms with Crippen molar-refractivity contribution in [2.24, 2.45) is 0 Å². The van der Waals surface area contributed by atoms with Crippen molar-refractivity contribution in [3.05, 3.63) is 28.1 Å². The molecule has 0 atom stereocenters. The van der Waals surface area contributed by atoms with E-state index in [2.05, 4.69) is 0 Å². The molecule has 1 aromatic carbocycles. The molecule has 0 saturated carbocycles. The lowest BCUT2D eigenvalue weighted by Crippen LogP contribution is -2.07. The lowest BCUT2D eigenvalue weighted by Gasteiger charge is -1.97. The van der Waals surface area contributed by atoms with E-state index in [4.69, 9.17) is 25.3 Å². The van der Waals surface area contributed by atoms with Crippen molar-refractivity contribution in [2.75, 3.05) is 0 Å². The number of nitro groups is 1. The van der Waals surface area contributed by atoms with E-state index in [-0.39, 0.29) is 0 Å². The van der Waals surface area contributed by atoms with Crippen LogP contribution in [0.25, 0.3) is 0 Å². The molecule has 8 nitrogen and oxygen atoms in total. The molecule has 16 heavy (non-hydrogen) atoms. The maximum Gasteiger partial charge on any atom is 0.631 e. The van der Waals surface area contributed by atoms with Crippen LogP contribution in [0.15, 0.2) is 12.1 Å². The van der Waals surface area contributed by atoms with Gasteiger partial charge in [-0.05, 0) is 0 Å². The zero-order valence-corrected chi connectivity index (χ0v) is 7.61. The van der Waals surface area contributed by atoms with Crippen LogP contribution in [0.2, 0.25) is 0 Å². The fourth-order valence-corrected chi connectivity index (χ4v) is 0.710. The molecule has 0 amide bonds. The summed E-state index contributed by atoms with van der Waals surface area (Å²) in [6, 6.07) is 1.11. The summed E-state index contributed by atoms with van der Waals surface area (Å²) in [6.07, 6.45) is 0. The second-order valence-corrected chi connectivity index (χ2v) is 2.40. The minimum absolute atomic E-state index is 0.523. The first-order valence-electron chi connectivity index (χ1n) is 3.65. The molecule has 0 radical (unpaired) electrons. The van der Waals surface area contributed by atoms with E-state index >= 15 is 0 Å². The van der Waals surface area contributed by atoms with Gasteiger partial charge in [0, 0.05) is 6.07 Å². The number of rotatable bonds is 1. The minimum Gasteiger partial charge on any atom is -0.504 e. The van der Waals surface area contributed by atoms with Crippen LogP contribution >= 0.6 is 0 Å². The monoisotopic (exact) mass is 235 g/mol. The molecule has 0 saturated heterocycles. The normalized spacial score (nSPS) is 9.00. The predicted molar refractivity (Wildman–Crippen MR) is 48.8 cm³/mol. The molecule has 0 fully saturated rings. The average molecular weight is 235 g/mol. The van der Waals surface area contributed by atoms with Gasteiger partial charge < -0.3 is 25.3 Å². The first-order chi connectivity index (χ1) is 7.25. The number of nitrogens with zero attached hydrogens (tertiary/aromatic N) is 1. The molecule has 10 heteroatoms. The SMILES string of the molecule is O=[N+]([O-])c1cc(F)cc(O)c1O.OB(O)O. The van der Waals surface area contributed by atoms with Gasteiger partial charge in [-0.2, -0.15) is 0 Å². The van der Waals surface area contributed by atoms with Gasteiger partial charge in [0.05, 0.1) is 11.0 Å². The van der Waals surface area contributed by atoms with Crippen LogP contribution in [-0.2, 0) is 0 Å². The van der Waals surface area contributed by atoms with E-state index in [0.717, 1.165) is 0 Å². The van der Waals surface area contributed by atoms with Crippen LogP contribution in [0.5, 0.6) is 11.5 Å². The smallest absolute Gasteiger partial charge is 0.504 e. The summed E-state index contributed by atoms with van der Waals surface area (Å²) in [5, 5.41) is 49.2. The summed E-state index contributed by atoms with van der Waals surface area (Å²) < 4.78 is 12.4. The van der Waals surface area contributed by atoms with Crippen molar-refractivity contribution in [1.82, 2.24) is 0 Å². The molecule has 88 valence electrons. The Morgan fingerprint density at radius 1 is 1.25 bits per heavy atom. The minimum atomic E-state index is -2.17. The second kappa shape index (κ2) is 5.85. The van der Waals surface area contributed by atoms with E-state index < -0.39 is 35.2 Å². The molecule has 0 unspecified atom stereocenters. The Morgan fingerprint density at radius 3 is 2.06 bits per heavy atom. The Balaban J connectivity index is 0.000000487. The van der Waals surface area contributed by atoms with Crippen molar-refractivity contribution < 1.29 is 34.6 Å². The van der Waals surface area contributed by atoms with Gasteiger partial charge in [0.25, 0.3) is 0 Å². The Morgan fingerprint density at radius 2 is 1.69 bits per heavy atom. The van der Waals surface area contributed by atoms with Gasteiger partial charge in [0.2, 0.25) is 5.75 Å². The van der Waals surface area contributed by atoms with Crippen LogP contribution in [0.1, 0.15) is 0 Å². The molecule has 1 aromatic rings. The van der Waals surface area contributed by atoms with E-state index in [1.165, 1.54) is 0 Å². The zero-order chi connectivity index (χ0) is 12.9. The highest BCUT2D eigenvalue weighted by molar-refractivity contribution is 6.30. The topological polar surface area (TPSA) is 144 Å². The molecule has 0 aliphatic heterocycles. The van der Waals surface area contributed by atoms with Gasteiger partial charge in [-0.25, -0.2) is 4.39 Å². The van der Waals surface area contributed by atoms with Crippen LogP contribution in [0, 0.1) is 15.9 Å². The molecule has 0 aliphatic rings. The van der Waals surface area contributed by atoms with E-state index in [1.54, 1.807) is 0 Å². The predicted octanol–water partition coefficient (Wildman–Crippen LogP) is -0.907. The molecule has 5 N–H and O–H groups in total. The summed E-state index contributed by atoms with van der Waals surface area (Å²) in [4.78, 5) is 9.11. The highest BCUT2D eigenvalue weighted by atomic mass is 19.1. The fraction of sp³-hybridized carbons (Fsp3) is 0. The summed E-state index contributed by atoms with van der Waals surface area (Å²) in [7, 11) is -2.17. The number of hydrogen-bond acceptors (Lipinski definition) is 7. The molecule has 0 aliphatic carbocycles. The van der Waals surface area contributed by atoms with Crippen molar-refractivity contribution in [1.29, 1.82) is 0 Å². The number of phenols is 2. The zero-order valence-electron chi connectivity index (χ0n) is 7.61. The number of aromatic hydroxyl groups is 2. The quantitative estimate of drug-likeness (QED) is 0.183. The molecule has 1 rings (SSSR count). The summed E-state index contributed by atoms with van der Waals surface area (Å²) in [5.41, 5.74) is -0.854. The Hall–Kier alpha value is -1.91. The highest BCUT2D eigenvalue weighted by Crippen LogP contribution is 2.35. The molecule has 0 heterocycles. The van der Waals surface area contributed by atoms with Crippen LogP contribution in [-0.4, -0.2) is 37.5 Å². The molecule has 0 spiro atoms. The van der Waals surface area contributed by atoms with Gasteiger partial charge in [-0.3, -0.25) is 10.1 Å². The second-order valence-electron chi connectivity index (χ2n) is 2.40. The van der Waals surface area contributed by atoms with Gasteiger partial charge >= 0.3 is 13.0 Å². The summed E-state index contributed by atoms with van der Waals surface area (Å²) >= 11 is 0. The van der Waals surface area contributed by atoms with Crippen LogP contribution < -0.4 is 0 Å². The Labute approximate surface area is 88.2 Å². The van der Waals surface area contributed by atoms with Gasteiger partial charge in [0.1, 0.15) is 5.82 Å². The lowest BCUT2D eigenvalue weighted by atomic mass is 10.2. The van der Waals surface area contributed by atoms with Gasteiger partial charge in [0.15, 0.2) is 5.75 Å². The Kier molecular flexibility index (Phi) is 5.15. The number of benzene rings is 1. The van der Waals surface area contributed by atoms with Crippen molar-refractivity contribution in [3.63, 3.8) is 0 Å². The fourth-order valence-electron chi connectivity index (χ4n) is 0.710. The van der Waals surface area contributed by atoms with Gasteiger partial charge in [-0.15, -0.1) is 0 Å². The lowest BCUT2D eigenvalue weighted by molar-refractivity contribution is -0.386. The standard InChI is InChI=1S/C6H4FNO4.BH3O3/c7-3-1-4(8(11)12)6(10)5(9)2-3;2-1(3)4/h1-2,9-10H;2-4H. The van der Waals surface area contributed by atoms with Crippen molar-refractivity contribution in [2.45, 2.75) is 0 Å². The molecular formula is C6H7BFNO7. The maximum absolute atomic E-state index is 12.4. The van der Waals surface area contributed by atoms with Crippen molar-refractivity contribution in [3.8, 4) is 11.5 Å². The third-order valence-corrected chi connectivity index (χ3v) is 1.23. The summed E-state index contributed by atoms with van der Waals surface area (Å²) in [5.74, 6) is -2.75. The third kappa shape index (κ3) is 4.55. The number of phenolic OH excluding ortho intramolecular Hbond substituents is 2. The molecule has 0 aromatic heterocycles. The van der Waals surface area contributed by atoms with Gasteiger partial charge in [-0.1, -0.05) is 0 Å². The summed E-state index contributed by atoms with van der Waals surface area (Å²) in [6.45, 7) is 0. The van der Waals surface area contributed by atoms with E-state index in [9.17, 15) is 14.5 Å². The van der Waals surface area contributed by atoms with Crippen molar-refractivity contribution >= 4 is 13.0 Å². The third-order valence-electron chi connectivity index (χ3n) is 1.23. The highest BCUT2D eigenvalue weighted by Gasteiger charge is 2.18. The largest absolute Gasteiger partial charge is 0.631 e. The van der Waals surface area contributed by atoms with Crippen LogP contribution in [0.4, 0.5) is 10.1 Å². The molecule has 0 bridgehead atoms. The first kappa shape index (κ1) is 14.1. The Bertz CT molecular complexity index is 383. The number of halogens is 1. The van der Waals surface area contributed by atoms with E-state index in [1.807, 2.05) is 0 Å². The number of nitro benzene ring substituents is 1. The average Bonchev–Trinajstić information content (AvgIpc) is 2.09. The van der Waals surface area contributed by atoms with Crippen LogP contribution in [0.3, 0.4) is 0 Å². The number of hydrogen-bond donors (Lipinski definition) is 5. The van der Waals surface area contributed by atoms with E-state index in [0.29, 0.717) is 12.1 Å².